The van der Waals surface area contributed by atoms with Gasteiger partial charge in [0.2, 0.25) is 11.8 Å². The van der Waals surface area contributed by atoms with Crippen molar-refractivity contribution in [3.05, 3.63) is 95.0 Å². The van der Waals surface area contributed by atoms with Crippen LogP contribution in [0.15, 0.2) is 76.8 Å². The number of nitrogens with zero attached hydrogens (tertiary/aromatic N) is 6. The molecule has 5 atom stereocenters. The first kappa shape index (κ1) is 39.2. The van der Waals surface area contributed by atoms with Crippen LogP contribution in [-0.2, 0) is 9.59 Å². The van der Waals surface area contributed by atoms with Gasteiger partial charge >= 0.3 is 0 Å². The Bertz CT molecular complexity index is 2390. The molecule has 2 aliphatic rings. The molecule has 2 amide bonds. The molecule has 8 rings (SSSR count). The molecule has 302 valence electrons. The Balaban J connectivity index is 0.850. The summed E-state index contributed by atoms with van der Waals surface area (Å²) < 4.78 is 11.7. The summed E-state index contributed by atoms with van der Waals surface area (Å²) in [6.45, 7) is 10.6. The zero-order valence-electron chi connectivity index (χ0n) is 33.0. The average molecular weight is 805 g/mol. The van der Waals surface area contributed by atoms with Crippen molar-refractivity contribution in [2.75, 3.05) is 32.8 Å². The number of aromatic amines is 1. The van der Waals surface area contributed by atoms with Gasteiger partial charge in [-0.05, 0) is 73.3 Å². The number of carbonyl (C=O) groups excluding carboxylic acids is 2. The lowest BCUT2D eigenvalue weighted by Crippen LogP contribution is -2.48. The lowest BCUT2D eigenvalue weighted by molar-refractivity contribution is -0.141. The SMILES string of the molecule is Cc1ncsc1-c1ccc([C@H](C)NC(=O)[C@@H]2C[C@@H](O)CN2C(=O)[C@@H](c2cc(OCCN3CC[C@H](c4cc5cc(-c6ccccc6O)nnc5[nH]4)C3)no2)C(C)C)cc1. The van der Waals surface area contributed by atoms with Crippen molar-refractivity contribution in [2.45, 2.75) is 70.6 Å². The highest BCUT2D eigenvalue weighted by Crippen LogP contribution is 2.35. The topological polar surface area (TPSA) is 183 Å². The van der Waals surface area contributed by atoms with Crippen LogP contribution >= 0.6 is 11.3 Å². The van der Waals surface area contributed by atoms with E-state index in [0.717, 1.165) is 52.3 Å². The molecule has 2 saturated heterocycles. The minimum atomic E-state index is -0.827. The highest BCUT2D eigenvalue weighted by Gasteiger charge is 2.43. The van der Waals surface area contributed by atoms with E-state index < -0.39 is 18.1 Å². The van der Waals surface area contributed by atoms with Gasteiger partial charge in [-0.15, -0.1) is 21.5 Å². The Hall–Kier alpha value is -5.64. The van der Waals surface area contributed by atoms with Gasteiger partial charge in [-0.3, -0.25) is 14.5 Å². The summed E-state index contributed by atoms with van der Waals surface area (Å²) >= 11 is 1.59. The number of aromatic hydroxyl groups is 1. The zero-order chi connectivity index (χ0) is 40.5. The molecule has 0 spiro atoms. The second-order valence-electron chi connectivity index (χ2n) is 15.7. The van der Waals surface area contributed by atoms with Crippen molar-refractivity contribution in [2.24, 2.45) is 5.92 Å². The maximum Gasteiger partial charge on any atom is 0.254 e. The number of benzene rings is 2. The van der Waals surface area contributed by atoms with Crippen LogP contribution < -0.4 is 10.1 Å². The van der Waals surface area contributed by atoms with Crippen LogP contribution in [0, 0.1) is 12.8 Å². The number of hydrogen-bond donors (Lipinski definition) is 4. The number of H-pyrrole nitrogens is 1. The van der Waals surface area contributed by atoms with Crippen LogP contribution in [-0.4, -0.2) is 102 Å². The van der Waals surface area contributed by atoms with Gasteiger partial charge in [0.15, 0.2) is 11.4 Å². The molecule has 6 aromatic rings. The number of fused-ring (bicyclic) bond motifs is 1. The number of aryl methyl sites for hydroxylation is 1. The molecule has 0 radical (unpaired) electrons. The van der Waals surface area contributed by atoms with E-state index in [9.17, 15) is 19.8 Å². The van der Waals surface area contributed by atoms with Crippen LogP contribution in [0.3, 0.4) is 0 Å². The molecule has 0 saturated carbocycles. The van der Waals surface area contributed by atoms with Crippen molar-refractivity contribution in [1.82, 2.24) is 40.4 Å². The minimum Gasteiger partial charge on any atom is -0.507 e. The minimum absolute atomic E-state index is 0.0525. The molecule has 4 aromatic heterocycles. The first-order chi connectivity index (χ1) is 28.0. The molecule has 15 heteroatoms. The van der Waals surface area contributed by atoms with Crippen LogP contribution in [0.5, 0.6) is 11.6 Å². The van der Waals surface area contributed by atoms with E-state index in [0.29, 0.717) is 47.6 Å². The third kappa shape index (κ3) is 8.20. The number of hydrogen-bond acceptors (Lipinski definition) is 12. The molecule has 0 unspecified atom stereocenters. The summed E-state index contributed by atoms with van der Waals surface area (Å²) in [5, 5.41) is 37.8. The Kier molecular flexibility index (Phi) is 11.3. The number of thiazole rings is 1. The van der Waals surface area contributed by atoms with Crippen LogP contribution in [0.2, 0.25) is 0 Å². The number of aromatic nitrogens is 5. The molecule has 0 bridgehead atoms. The number of aliphatic hydroxyl groups excluding tert-OH is 1. The summed E-state index contributed by atoms with van der Waals surface area (Å²) in [5.41, 5.74) is 7.88. The Labute approximate surface area is 340 Å². The van der Waals surface area contributed by atoms with Gasteiger partial charge in [0.05, 0.1) is 33.9 Å². The predicted molar refractivity (Wildman–Crippen MR) is 219 cm³/mol. The van der Waals surface area contributed by atoms with E-state index in [1.165, 1.54) is 4.90 Å². The zero-order valence-corrected chi connectivity index (χ0v) is 33.8. The smallest absolute Gasteiger partial charge is 0.254 e. The molecule has 6 heterocycles. The average Bonchev–Trinajstić information content (AvgIpc) is 4.06. The van der Waals surface area contributed by atoms with Crippen LogP contribution in [0.4, 0.5) is 0 Å². The molecule has 2 fully saturated rings. The highest BCUT2D eigenvalue weighted by atomic mass is 32.1. The second-order valence-corrected chi connectivity index (χ2v) is 16.6. The largest absolute Gasteiger partial charge is 0.507 e. The van der Waals surface area contributed by atoms with Crippen molar-refractivity contribution in [3.63, 3.8) is 0 Å². The van der Waals surface area contributed by atoms with E-state index in [-0.39, 0.29) is 42.5 Å². The maximum atomic E-state index is 14.2. The fourth-order valence-electron chi connectivity index (χ4n) is 8.17. The van der Waals surface area contributed by atoms with Gasteiger partial charge in [0, 0.05) is 54.7 Å². The van der Waals surface area contributed by atoms with E-state index in [1.807, 2.05) is 75.7 Å². The molecule has 58 heavy (non-hydrogen) atoms. The highest BCUT2D eigenvalue weighted by molar-refractivity contribution is 7.13. The van der Waals surface area contributed by atoms with Crippen molar-refractivity contribution in [3.8, 4) is 33.3 Å². The molecule has 14 nitrogen and oxygen atoms in total. The first-order valence-electron chi connectivity index (χ1n) is 19.8. The van der Waals surface area contributed by atoms with Crippen LogP contribution in [0.1, 0.15) is 74.2 Å². The number of phenolic OH excluding ortho intramolecular Hbond substituents is 1. The number of para-hydroxylation sites is 1. The molecular weight excluding hydrogens is 757 g/mol. The van der Waals surface area contributed by atoms with Crippen LogP contribution in [0.25, 0.3) is 32.7 Å². The third-order valence-corrected chi connectivity index (χ3v) is 12.3. The van der Waals surface area contributed by atoms with E-state index in [1.54, 1.807) is 29.5 Å². The molecule has 4 N–H and O–H groups in total. The van der Waals surface area contributed by atoms with Gasteiger partial charge in [-0.1, -0.05) is 50.2 Å². The Morgan fingerprint density at radius 3 is 2.64 bits per heavy atom. The lowest BCUT2D eigenvalue weighted by Gasteiger charge is -2.29. The Morgan fingerprint density at radius 2 is 1.88 bits per heavy atom. The summed E-state index contributed by atoms with van der Waals surface area (Å²) in [5.74, 6) is -0.405. The number of carbonyl (C=O) groups is 2. The standard InChI is InChI=1S/C43H48N8O6S/c1-24(2)39(43(55)51-22-31(52)19-35(51)42(54)45-25(3)27-9-11-28(12-10-27)40-26(4)44-23-58-40)37-20-38(49-57-37)56-16-15-50-14-13-29(21-50)33-17-30-18-34(47-48-41(30)46-33)32-7-5-6-8-36(32)53/h5-12,17-18,20,23-25,29,31,35,39,52-53H,13-16,19,21-22H2,1-4H3,(H,45,54)(H,46,48)/t25-,29-,31+,35-,39+/m0/s1. The van der Waals surface area contributed by atoms with Gasteiger partial charge < -0.3 is 34.7 Å². The second kappa shape index (κ2) is 16.7. The fraction of sp³-hybridized carbons (Fsp3) is 0.395. The number of phenols is 1. The molecule has 0 aliphatic carbocycles. The van der Waals surface area contributed by atoms with Crippen molar-refractivity contribution >= 4 is 34.2 Å². The molecule has 2 aliphatic heterocycles. The lowest BCUT2D eigenvalue weighted by atomic mass is 9.91. The van der Waals surface area contributed by atoms with E-state index >= 15 is 0 Å². The number of aliphatic hydroxyl groups is 1. The third-order valence-electron chi connectivity index (χ3n) is 11.3. The molecular formula is C43H48N8O6S. The number of rotatable bonds is 13. The summed E-state index contributed by atoms with van der Waals surface area (Å²) in [4.78, 5) is 40.5. The summed E-state index contributed by atoms with van der Waals surface area (Å²) in [6, 6.07) is 19.7. The van der Waals surface area contributed by atoms with Crippen molar-refractivity contribution < 1.29 is 29.1 Å². The van der Waals surface area contributed by atoms with Gasteiger partial charge in [0.25, 0.3) is 5.88 Å². The predicted octanol–water partition coefficient (Wildman–Crippen LogP) is 6.20. The number of β-amino-alcohol motifs (C(OH)–C–C–N with tert-alkyl or cyclic N) is 1. The fourth-order valence-corrected chi connectivity index (χ4v) is 8.98. The van der Waals surface area contributed by atoms with E-state index in [4.69, 9.17) is 9.26 Å². The monoisotopic (exact) mass is 804 g/mol. The van der Waals surface area contributed by atoms with E-state index in [2.05, 4.69) is 41.6 Å². The summed E-state index contributed by atoms with van der Waals surface area (Å²) in [7, 11) is 0. The van der Waals surface area contributed by atoms with Gasteiger partial charge in [0.1, 0.15) is 24.3 Å². The Morgan fingerprint density at radius 1 is 1.07 bits per heavy atom. The number of ether oxygens (including phenoxy) is 1. The number of amides is 2. The van der Waals surface area contributed by atoms with Crippen molar-refractivity contribution in [1.29, 1.82) is 0 Å². The first-order valence-corrected chi connectivity index (χ1v) is 20.7. The number of nitrogens with one attached hydrogen (secondary N) is 2. The quantitative estimate of drug-likeness (QED) is 0.104. The van der Waals surface area contributed by atoms with Gasteiger partial charge in [-0.2, -0.15) is 0 Å². The molecule has 2 aromatic carbocycles. The number of likely N-dealkylation sites (tertiary alicyclic amines) is 2. The van der Waals surface area contributed by atoms with Gasteiger partial charge in [-0.25, -0.2) is 4.98 Å². The summed E-state index contributed by atoms with van der Waals surface area (Å²) in [6.07, 6.45) is 0.301. The maximum absolute atomic E-state index is 14.2. The normalized spacial score (nSPS) is 19.6.